The summed E-state index contributed by atoms with van der Waals surface area (Å²) in [5.41, 5.74) is 3.77. The number of carboxylic acid groups (broad SMARTS) is 1. The molecule has 1 aromatic heterocycles. The molecule has 0 saturated carbocycles. The lowest BCUT2D eigenvalue weighted by Crippen LogP contribution is -2.54. The highest BCUT2D eigenvalue weighted by atomic mass is 19.1. The first-order valence-electron chi connectivity index (χ1n) is 10.6. The quantitative estimate of drug-likeness (QED) is 0.518. The number of nitrogens with one attached hydrogen (secondary N) is 1. The second-order valence-electron chi connectivity index (χ2n) is 9.64. The van der Waals surface area contributed by atoms with Crippen molar-refractivity contribution in [2.75, 3.05) is 6.54 Å². The Kier molecular flexibility index (Phi) is 5.26. The molecule has 0 saturated heterocycles. The molecular weight excluding hydrogens is 391 g/mol. The third kappa shape index (κ3) is 4.28. The molecule has 5 heteroatoms. The summed E-state index contributed by atoms with van der Waals surface area (Å²) in [6.07, 6.45) is 3.54. The third-order valence-corrected chi connectivity index (χ3v) is 6.04. The van der Waals surface area contributed by atoms with E-state index in [4.69, 9.17) is 5.11 Å². The number of para-hydroxylation sites is 1. The molecule has 162 valence electrons. The van der Waals surface area contributed by atoms with Gasteiger partial charge in [-0.3, -0.25) is 4.90 Å². The summed E-state index contributed by atoms with van der Waals surface area (Å²) in [4.78, 5) is 16.7. The normalized spacial score (nSPS) is 19.1. The minimum Gasteiger partial charge on any atom is -0.478 e. The highest BCUT2D eigenvalue weighted by Crippen LogP contribution is 2.45. The van der Waals surface area contributed by atoms with Crippen LogP contribution >= 0.6 is 0 Å². The third-order valence-electron chi connectivity index (χ3n) is 6.04. The van der Waals surface area contributed by atoms with Gasteiger partial charge in [-0.2, -0.15) is 0 Å². The summed E-state index contributed by atoms with van der Waals surface area (Å²) in [5.74, 6) is -0.975. The Morgan fingerprint density at radius 3 is 2.55 bits per heavy atom. The van der Waals surface area contributed by atoms with E-state index in [1.165, 1.54) is 10.9 Å². The zero-order chi connectivity index (χ0) is 22.4. The summed E-state index contributed by atoms with van der Waals surface area (Å²) in [6, 6.07) is 16.0. The smallest absolute Gasteiger partial charge is 0.328 e. The van der Waals surface area contributed by atoms with E-state index >= 15 is 0 Å². The largest absolute Gasteiger partial charge is 0.478 e. The molecule has 0 fully saturated rings. The Balaban J connectivity index is 1.86. The van der Waals surface area contributed by atoms with Crippen LogP contribution in [0, 0.1) is 0 Å². The number of carbonyl (C=O) groups is 1. The number of fused-ring (bicyclic) bond motifs is 3. The molecule has 0 aliphatic carbocycles. The highest BCUT2D eigenvalue weighted by molar-refractivity contribution is 5.86. The number of benzene rings is 2. The van der Waals surface area contributed by atoms with Gasteiger partial charge in [-0.1, -0.05) is 42.5 Å². The molecule has 31 heavy (non-hydrogen) atoms. The average molecular weight is 421 g/mol. The number of hydrogen-bond donors (Lipinski definition) is 2. The molecular formula is C26H29FN2O2. The van der Waals surface area contributed by atoms with E-state index in [0.717, 1.165) is 34.8 Å². The van der Waals surface area contributed by atoms with Crippen molar-refractivity contribution in [3.8, 4) is 0 Å². The van der Waals surface area contributed by atoms with Crippen molar-refractivity contribution >= 4 is 22.9 Å². The number of aromatic nitrogens is 1. The first-order chi connectivity index (χ1) is 14.5. The lowest BCUT2D eigenvalue weighted by Gasteiger charge is -2.49. The Bertz CT molecular complexity index is 1140. The Morgan fingerprint density at radius 1 is 1.23 bits per heavy atom. The summed E-state index contributed by atoms with van der Waals surface area (Å²) in [5, 5.41) is 10.1. The van der Waals surface area contributed by atoms with Crippen LogP contribution in [0.2, 0.25) is 0 Å². The molecule has 2 heterocycles. The number of aromatic amines is 1. The van der Waals surface area contributed by atoms with E-state index < -0.39 is 11.6 Å². The van der Waals surface area contributed by atoms with Crippen LogP contribution in [-0.2, 0) is 11.2 Å². The number of carboxylic acids is 1. The van der Waals surface area contributed by atoms with Crippen LogP contribution in [0.5, 0.6) is 0 Å². The number of rotatable bonds is 5. The van der Waals surface area contributed by atoms with Gasteiger partial charge in [0.05, 0.1) is 6.04 Å². The van der Waals surface area contributed by atoms with Gasteiger partial charge in [-0.15, -0.1) is 0 Å². The van der Waals surface area contributed by atoms with Gasteiger partial charge in [0, 0.05) is 34.8 Å². The van der Waals surface area contributed by atoms with Crippen molar-refractivity contribution in [2.45, 2.75) is 51.4 Å². The SMILES string of the molecule is CC(C)(F)CN1[C@H](c2ccc(/C=C/C(=O)O)cc2)c2[nH]c3ccccc3c2CC1(C)C. The van der Waals surface area contributed by atoms with Gasteiger partial charge in [0.25, 0.3) is 0 Å². The topological polar surface area (TPSA) is 56.3 Å². The molecule has 0 unspecified atom stereocenters. The molecule has 1 atom stereocenters. The lowest BCUT2D eigenvalue weighted by atomic mass is 9.80. The summed E-state index contributed by atoms with van der Waals surface area (Å²) < 4.78 is 14.9. The predicted octanol–water partition coefficient (Wildman–Crippen LogP) is 5.74. The monoisotopic (exact) mass is 420 g/mol. The Hall–Kier alpha value is -2.92. The van der Waals surface area contributed by atoms with Crippen LogP contribution < -0.4 is 0 Å². The van der Waals surface area contributed by atoms with E-state index in [-0.39, 0.29) is 11.6 Å². The minimum atomic E-state index is -1.34. The fourth-order valence-corrected chi connectivity index (χ4v) is 4.70. The summed E-state index contributed by atoms with van der Waals surface area (Å²) in [7, 11) is 0. The second-order valence-corrected chi connectivity index (χ2v) is 9.64. The summed E-state index contributed by atoms with van der Waals surface area (Å²) >= 11 is 0. The number of halogens is 1. The van der Waals surface area contributed by atoms with Gasteiger partial charge in [0.15, 0.2) is 0 Å². The van der Waals surface area contributed by atoms with E-state index in [0.29, 0.717) is 6.54 Å². The van der Waals surface area contributed by atoms with E-state index in [1.807, 2.05) is 30.3 Å². The molecule has 4 nitrogen and oxygen atoms in total. The maximum absolute atomic E-state index is 14.9. The molecule has 2 N–H and O–H groups in total. The molecule has 4 rings (SSSR count). The molecule has 1 aliphatic rings. The number of alkyl halides is 1. The molecule has 0 amide bonds. The van der Waals surface area contributed by atoms with Gasteiger partial charge in [0.2, 0.25) is 0 Å². The molecule has 0 bridgehead atoms. The zero-order valence-electron chi connectivity index (χ0n) is 18.4. The van der Waals surface area contributed by atoms with Crippen LogP contribution in [-0.4, -0.2) is 38.7 Å². The van der Waals surface area contributed by atoms with Crippen molar-refractivity contribution < 1.29 is 14.3 Å². The molecule has 0 radical (unpaired) electrons. The number of aliphatic carboxylic acids is 1. The summed E-state index contributed by atoms with van der Waals surface area (Å²) in [6.45, 7) is 7.92. The first-order valence-corrected chi connectivity index (χ1v) is 10.6. The van der Waals surface area contributed by atoms with Gasteiger partial charge < -0.3 is 10.1 Å². The van der Waals surface area contributed by atoms with E-state index in [9.17, 15) is 9.18 Å². The van der Waals surface area contributed by atoms with Crippen LogP contribution in [0.15, 0.2) is 54.6 Å². The van der Waals surface area contributed by atoms with Gasteiger partial charge in [-0.05, 0) is 62.9 Å². The number of hydrogen-bond acceptors (Lipinski definition) is 2. The van der Waals surface area contributed by atoms with E-state index in [1.54, 1.807) is 19.9 Å². The lowest BCUT2D eigenvalue weighted by molar-refractivity contribution is -0.131. The fourth-order valence-electron chi connectivity index (χ4n) is 4.70. The standard InChI is InChI=1S/C26H29FN2O2/c1-25(2,27)16-29-24(18-12-9-17(10-13-18)11-14-22(30)31)23-20(15-26(29,3)4)19-7-5-6-8-21(19)28-23/h5-14,24,28H,15-16H2,1-4H3,(H,30,31)/b14-11+/t24-/m1/s1. The predicted molar refractivity (Wildman–Crippen MR) is 123 cm³/mol. The zero-order valence-corrected chi connectivity index (χ0v) is 18.4. The maximum Gasteiger partial charge on any atom is 0.328 e. The Morgan fingerprint density at radius 2 is 1.90 bits per heavy atom. The molecule has 1 aliphatic heterocycles. The maximum atomic E-state index is 14.9. The fraction of sp³-hybridized carbons (Fsp3) is 0.346. The van der Waals surface area contributed by atoms with Gasteiger partial charge in [-0.25, -0.2) is 9.18 Å². The Labute approximate surface area is 182 Å². The van der Waals surface area contributed by atoms with Crippen molar-refractivity contribution in [3.63, 3.8) is 0 Å². The van der Waals surface area contributed by atoms with Gasteiger partial charge >= 0.3 is 5.97 Å². The molecule has 3 aromatic rings. The minimum absolute atomic E-state index is 0.126. The van der Waals surface area contributed by atoms with E-state index in [2.05, 4.69) is 41.9 Å². The van der Waals surface area contributed by atoms with Crippen LogP contribution in [0.4, 0.5) is 4.39 Å². The van der Waals surface area contributed by atoms with Crippen molar-refractivity contribution in [1.82, 2.24) is 9.88 Å². The average Bonchev–Trinajstić information content (AvgIpc) is 3.04. The van der Waals surface area contributed by atoms with Crippen molar-refractivity contribution in [1.29, 1.82) is 0 Å². The number of H-pyrrole nitrogens is 1. The van der Waals surface area contributed by atoms with Crippen LogP contribution in [0.3, 0.4) is 0 Å². The van der Waals surface area contributed by atoms with Gasteiger partial charge in [0.1, 0.15) is 5.67 Å². The van der Waals surface area contributed by atoms with Crippen LogP contribution in [0.25, 0.3) is 17.0 Å². The molecule has 0 spiro atoms. The van der Waals surface area contributed by atoms with Crippen LogP contribution in [0.1, 0.15) is 56.1 Å². The molecule has 2 aromatic carbocycles. The van der Waals surface area contributed by atoms with Crippen molar-refractivity contribution in [3.05, 3.63) is 77.0 Å². The first kappa shape index (κ1) is 21.3. The second kappa shape index (κ2) is 7.65. The van der Waals surface area contributed by atoms with Crippen molar-refractivity contribution in [2.24, 2.45) is 0 Å². The number of nitrogens with zero attached hydrogens (tertiary/aromatic N) is 1. The highest BCUT2D eigenvalue weighted by Gasteiger charge is 2.44.